The van der Waals surface area contributed by atoms with Crippen molar-refractivity contribution in [1.29, 1.82) is 0 Å². The summed E-state index contributed by atoms with van der Waals surface area (Å²) in [6.07, 6.45) is 0. The molecule has 7 heteroatoms. The lowest BCUT2D eigenvalue weighted by Gasteiger charge is -2.16. The summed E-state index contributed by atoms with van der Waals surface area (Å²) in [6.45, 7) is 5.06. The highest BCUT2D eigenvalue weighted by Gasteiger charge is 2.22. The van der Waals surface area contributed by atoms with Crippen LogP contribution in [0.3, 0.4) is 0 Å². The van der Waals surface area contributed by atoms with Crippen LogP contribution < -0.4 is 14.8 Å². The molecule has 0 unspecified atom stereocenters. The highest BCUT2D eigenvalue weighted by molar-refractivity contribution is 7.99. The molecular formula is C28H27N3O3S. The van der Waals surface area contributed by atoms with Gasteiger partial charge in [-0.25, -0.2) is 4.98 Å². The summed E-state index contributed by atoms with van der Waals surface area (Å²) in [7, 11) is 0. The van der Waals surface area contributed by atoms with Crippen molar-refractivity contribution in [3.05, 3.63) is 84.4 Å². The van der Waals surface area contributed by atoms with Gasteiger partial charge in [0.25, 0.3) is 5.91 Å². The molecule has 3 aromatic carbocycles. The van der Waals surface area contributed by atoms with Crippen LogP contribution in [0.5, 0.6) is 11.5 Å². The van der Waals surface area contributed by atoms with Crippen LogP contribution in [0.1, 0.15) is 30.2 Å². The molecule has 0 radical (unpaired) electrons. The Balaban J connectivity index is 1.35. The maximum absolute atomic E-state index is 12.6. The molecule has 1 N–H and O–H groups in total. The molecule has 0 spiro atoms. The monoisotopic (exact) mass is 485 g/mol. The van der Waals surface area contributed by atoms with E-state index in [0.29, 0.717) is 29.4 Å². The quantitative estimate of drug-likeness (QED) is 0.243. The Morgan fingerprint density at radius 2 is 1.66 bits per heavy atom. The van der Waals surface area contributed by atoms with Crippen molar-refractivity contribution in [3.8, 4) is 34.0 Å². The molecule has 0 saturated carbocycles. The summed E-state index contributed by atoms with van der Waals surface area (Å²) < 4.78 is 13.0. The Morgan fingerprint density at radius 1 is 0.971 bits per heavy atom. The summed E-state index contributed by atoms with van der Waals surface area (Å²) >= 11 is 1.65. The molecule has 1 aliphatic rings. The van der Waals surface area contributed by atoms with E-state index >= 15 is 0 Å². The number of amides is 1. The molecule has 0 bridgehead atoms. The van der Waals surface area contributed by atoms with Gasteiger partial charge in [0.15, 0.2) is 16.7 Å². The van der Waals surface area contributed by atoms with Crippen LogP contribution >= 0.6 is 11.8 Å². The van der Waals surface area contributed by atoms with Gasteiger partial charge in [0.05, 0.1) is 11.4 Å². The van der Waals surface area contributed by atoms with E-state index in [9.17, 15) is 4.79 Å². The summed E-state index contributed by atoms with van der Waals surface area (Å²) in [5.41, 5.74) is 4.86. The first-order valence-electron chi connectivity index (χ1n) is 11.7. The number of carbonyl (C=O) groups excluding carboxylic acids is 1. The number of fused-ring (bicyclic) bond motifs is 1. The number of hydrogen-bond donors (Lipinski definition) is 1. The van der Waals surface area contributed by atoms with Gasteiger partial charge in [0, 0.05) is 35.0 Å². The number of nitrogens with zero attached hydrogens (tertiary/aromatic N) is 2. The lowest BCUT2D eigenvalue weighted by Crippen LogP contribution is -2.25. The minimum Gasteiger partial charge on any atom is -0.454 e. The molecule has 6 nitrogen and oxygen atoms in total. The van der Waals surface area contributed by atoms with Gasteiger partial charge in [-0.1, -0.05) is 72.4 Å². The molecule has 1 aliphatic heterocycles. The van der Waals surface area contributed by atoms with Crippen molar-refractivity contribution in [3.63, 3.8) is 0 Å². The third-order valence-electron chi connectivity index (χ3n) is 5.74. The molecule has 1 aromatic heterocycles. The molecule has 0 saturated heterocycles. The van der Waals surface area contributed by atoms with E-state index in [4.69, 9.17) is 14.5 Å². The molecule has 0 atom stereocenters. The number of nitrogens with one attached hydrogen (secondary N) is 1. The molecular weight excluding hydrogens is 458 g/mol. The van der Waals surface area contributed by atoms with Crippen molar-refractivity contribution < 1.29 is 14.3 Å². The van der Waals surface area contributed by atoms with Gasteiger partial charge < -0.3 is 19.4 Å². The highest BCUT2D eigenvalue weighted by Crippen LogP contribution is 2.38. The lowest BCUT2D eigenvalue weighted by molar-refractivity contribution is 0.0955. The standard InChI is InChI=1S/C28H27N3O3S/c1-19(2)31-26(21-11-7-4-8-12-21)25(20-9-5-3-6-10-20)30-28(31)35-16-15-29-27(32)22-13-14-23-24(17-22)34-18-33-23/h3-14,17,19H,15-16,18H2,1-2H3,(H,29,32). The molecule has 35 heavy (non-hydrogen) atoms. The zero-order valence-corrected chi connectivity index (χ0v) is 20.5. The van der Waals surface area contributed by atoms with Crippen LogP contribution in [0.4, 0.5) is 0 Å². The van der Waals surface area contributed by atoms with Crippen LogP contribution in [0.15, 0.2) is 84.0 Å². The first-order chi connectivity index (χ1) is 17.1. The summed E-state index contributed by atoms with van der Waals surface area (Å²) in [4.78, 5) is 17.7. The van der Waals surface area contributed by atoms with Crippen LogP contribution in [-0.2, 0) is 0 Å². The van der Waals surface area contributed by atoms with Gasteiger partial charge in [0.1, 0.15) is 0 Å². The minimum atomic E-state index is -0.133. The van der Waals surface area contributed by atoms with Crippen LogP contribution in [0, 0.1) is 0 Å². The Morgan fingerprint density at radius 3 is 2.37 bits per heavy atom. The fourth-order valence-electron chi connectivity index (χ4n) is 4.11. The first-order valence-corrected chi connectivity index (χ1v) is 12.6. The maximum atomic E-state index is 12.6. The number of hydrogen-bond acceptors (Lipinski definition) is 5. The Kier molecular flexibility index (Phi) is 6.77. The van der Waals surface area contributed by atoms with Crippen LogP contribution in [0.25, 0.3) is 22.5 Å². The van der Waals surface area contributed by atoms with Crippen LogP contribution in [-0.4, -0.2) is 34.5 Å². The average Bonchev–Trinajstić information content (AvgIpc) is 3.52. The maximum Gasteiger partial charge on any atom is 0.251 e. The predicted octanol–water partition coefficient (Wildman–Crippen LogP) is 6.05. The molecule has 1 amide bonds. The van der Waals surface area contributed by atoms with Gasteiger partial charge in [0.2, 0.25) is 6.79 Å². The molecule has 0 aliphatic carbocycles. The highest BCUT2D eigenvalue weighted by atomic mass is 32.2. The van der Waals surface area contributed by atoms with E-state index in [-0.39, 0.29) is 18.7 Å². The van der Waals surface area contributed by atoms with Crippen molar-refractivity contribution in [2.75, 3.05) is 19.1 Å². The fourth-order valence-corrected chi connectivity index (χ4v) is 5.09. The van der Waals surface area contributed by atoms with E-state index in [1.165, 1.54) is 0 Å². The third-order valence-corrected chi connectivity index (χ3v) is 6.70. The van der Waals surface area contributed by atoms with Gasteiger partial charge >= 0.3 is 0 Å². The molecule has 0 fully saturated rings. The number of benzene rings is 3. The third kappa shape index (κ3) is 4.91. The first kappa shape index (κ1) is 23.1. The molecule has 178 valence electrons. The van der Waals surface area contributed by atoms with E-state index in [2.05, 4.69) is 60.1 Å². The Hall–Kier alpha value is -3.71. The van der Waals surface area contributed by atoms with Crippen molar-refractivity contribution >= 4 is 17.7 Å². The molecule has 4 aromatic rings. The topological polar surface area (TPSA) is 65.4 Å². The van der Waals surface area contributed by atoms with E-state index in [0.717, 1.165) is 27.7 Å². The molecule has 5 rings (SSSR count). The predicted molar refractivity (Wildman–Crippen MR) is 139 cm³/mol. The number of thioether (sulfide) groups is 1. The number of carbonyl (C=O) groups is 1. The minimum absolute atomic E-state index is 0.133. The average molecular weight is 486 g/mol. The fraction of sp³-hybridized carbons (Fsp3) is 0.214. The number of aromatic nitrogens is 2. The number of imidazole rings is 1. The summed E-state index contributed by atoms with van der Waals surface area (Å²) in [6, 6.07) is 26.1. The SMILES string of the molecule is CC(C)n1c(SCCNC(=O)c2ccc3c(c2)OCO3)nc(-c2ccccc2)c1-c1ccccc1. The lowest BCUT2D eigenvalue weighted by atomic mass is 10.0. The zero-order chi connectivity index (χ0) is 24.2. The normalized spacial score (nSPS) is 12.2. The van der Waals surface area contributed by atoms with Gasteiger partial charge in [-0.3, -0.25) is 4.79 Å². The van der Waals surface area contributed by atoms with E-state index in [1.807, 2.05) is 24.3 Å². The van der Waals surface area contributed by atoms with Crippen molar-refractivity contribution in [2.45, 2.75) is 25.0 Å². The number of ether oxygens (including phenoxy) is 2. The van der Waals surface area contributed by atoms with Crippen molar-refractivity contribution in [2.24, 2.45) is 0 Å². The molecule has 2 heterocycles. The Bertz CT molecular complexity index is 1320. The van der Waals surface area contributed by atoms with Gasteiger partial charge in [-0.15, -0.1) is 0 Å². The number of rotatable bonds is 8. The van der Waals surface area contributed by atoms with Gasteiger partial charge in [-0.05, 0) is 32.0 Å². The smallest absolute Gasteiger partial charge is 0.251 e. The zero-order valence-electron chi connectivity index (χ0n) is 19.7. The second-order valence-corrected chi connectivity index (χ2v) is 9.52. The largest absolute Gasteiger partial charge is 0.454 e. The van der Waals surface area contributed by atoms with Crippen LogP contribution in [0.2, 0.25) is 0 Å². The summed E-state index contributed by atoms with van der Waals surface area (Å²) in [5.74, 6) is 1.84. The van der Waals surface area contributed by atoms with Crippen molar-refractivity contribution in [1.82, 2.24) is 14.9 Å². The van der Waals surface area contributed by atoms with E-state index < -0.39 is 0 Å². The summed E-state index contributed by atoms with van der Waals surface area (Å²) in [5, 5.41) is 3.94. The second-order valence-electron chi connectivity index (χ2n) is 8.46. The van der Waals surface area contributed by atoms with E-state index in [1.54, 1.807) is 30.0 Å². The Labute approximate surface area is 209 Å². The van der Waals surface area contributed by atoms with Gasteiger partial charge in [-0.2, -0.15) is 0 Å². The second kappa shape index (κ2) is 10.3.